The van der Waals surface area contributed by atoms with Crippen molar-refractivity contribution in [2.24, 2.45) is 7.05 Å². The molecule has 3 nitrogen and oxygen atoms in total. The summed E-state index contributed by atoms with van der Waals surface area (Å²) in [6, 6.07) is 10.6. The van der Waals surface area contributed by atoms with E-state index < -0.39 is 0 Å². The predicted octanol–water partition coefficient (Wildman–Crippen LogP) is 2.77. The molecule has 92 valence electrons. The average molecular weight is 248 g/mol. The summed E-state index contributed by atoms with van der Waals surface area (Å²) in [6.07, 6.45) is 6.10. The highest BCUT2D eigenvalue weighted by Gasteiger charge is 2.18. The Balaban J connectivity index is 2.49. The van der Waals surface area contributed by atoms with E-state index in [9.17, 15) is 0 Å². The van der Waals surface area contributed by atoms with Crippen molar-refractivity contribution < 1.29 is 4.57 Å². The van der Waals surface area contributed by atoms with Crippen LogP contribution in [0.15, 0.2) is 48.9 Å². The van der Waals surface area contributed by atoms with Crippen LogP contribution in [0.4, 0.5) is 0 Å². The number of imidazole rings is 1. The summed E-state index contributed by atoms with van der Waals surface area (Å²) in [5, 5.41) is 3.77. The Morgan fingerprint density at radius 3 is 2.84 bits per heavy atom. The molecule has 3 heterocycles. The van der Waals surface area contributed by atoms with E-state index in [1.54, 1.807) is 0 Å². The van der Waals surface area contributed by atoms with E-state index in [2.05, 4.69) is 70.6 Å². The van der Waals surface area contributed by atoms with Crippen LogP contribution in [0.1, 0.15) is 5.69 Å². The molecule has 0 N–H and O–H groups in total. The molecule has 4 aromatic rings. The van der Waals surface area contributed by atoms with Crippen LogP contribution in [0.2, 0.25) is 0 Å². The quantitative estimate of drug-likeness (QED) is 0.346. The Hall–Kier alpha value is -2.42. The largest absolute Gasteiger partial charge is 0.296 e. The van der Waals surface area contributed by atoms with Gasteiger partial charge < -0.3 is 0 Å². The lowest BCUT2D eigenvalue weighted by molar-refractivity contribution is -0.643. The molecule has 0 spiro atoms. The molecule has 4 rings (SSSR count). The molecule has 19 heavy (non-hydrogen) atoms. The third-order valence-corrected chi connectivity index (χ3v) is 3.82. The van der Waals surface area contributed by atoms with Crippen molar-refractivity contribution >= 4 is 27.3 Å². The van der Waals surface area contributed by atoms with Gasteiger partial charge in [-0.3, -0.25) is 4.98 Å². The monoisotopic (exact) mass is 248 g/mol. The molecular formula is C16H14N3+. The number of hydrogen-bond donors (Lipinski definition) is 0. The molecule has 0 saturated heterocycles. The molecule has 0 aliphatic carbocycles. The summed E-state index contributed by atoms with van der Waals surface area (Å²) in [5.41, 5.74) is 3.50. The number of aryl methyl sites for hydroxylation is 2. The molecule has 0 bridgehead atoms. The fourth-order valence-electron chi connectivity index (χ4n) is 2.95. The summed E-state index contributed by atoms with van der Waals surface area (Å²) in [5.74, 6) is 0. The Labute approximate surface area is 110 Å². The van der Waals surface area contributed by atoms with Crippen molar-refractivity contribution in [2.75, 3.05) is 0 Å². The molecule has 0 unspecified atom stereocenters. The number of aromatic nitrogens is 3. The van der Waals surface area contributed by atoms with Crippen LogP contribution in [-0.2, 0) is 7.05 Å². The van der Waals surface area contributed by atoms with Crippen molar-refractivity contribution in [3.8, 4) is 0 Å². The highest BCUT2D eigenvalue weighted by Crippen LogP contribution is 2.29. The summed E-state index contributed by atoms with van der Waals surface area (Å²) >= 11 is 0. The molecule has 0 aliphatic heterocycles. The van der Waals surface area contributed by atoms with Crippen LogP contribution in [0.5, 0.6) is 0 Å². The third-order valence-electron chi connectivity index (χ3n) is 3.82. The van der Waals surface area contributed by atoms with Gasteiger partial charge in [0, 0.05) is 17.0 Å². The third kappa shape index (κ3) is 1.27. The molecule has 0 aliphatic rings. The molecule has 3 heteroatoms. The highest BCUT2D eigenvalue weighted by molar-refractivity contribution is 6.11. The van der Waals surface area contributed by atoms with E-state index in [0.29, 0.717) is 0 Å². The molecule has 0 saturated carbocycles. The zero-order chi connectivity index (χ0) is 13.0. The second-order valence-corrected chi connectivity index (χ2v) is 4.94. The Bertz CT molecular complexity index is 935. The Kier molecular flexibility index (Phi) is 1.96. The molecule has 3 aromatic heterocycles. The second-order valence-electron chi connectivity index (χ2n) is 4.94. The second kappa shape index (κ2) is 3.54. The van der Waals surface area contributed by atoms with Gasteiger partial charge in [0.25, 0.3) is 5.65 Å². The van der Waals surface area contributed by atoms with Gasteiger partial charge in [0.05, 0.1) is 18.1 Å². The highest BCUT2D eigenvalue weighted by atomic mass is 15.1. The lowest BCUT2D eigenvalue weighted by atomic mass is 10.1. The van der Waals surface area contributed by atoms with Crippen LogP contribution >= 0.6 is 0 Å². The van der Waals surface area contributed by atoms with Gasteiger partial charge in [-0.1, -0.05) is 18.2 Å². The van der Waals surface area contributed by atoms with E-state index in [1.807, 2.05) is 6.20 Å². The summed E-state index contributed by atoms with van der Waals surface area (Å²) < 4.78 is 4.40. The first-order chi connectivity index (χ1) is 9.27. The number of hydrogen-bond acceptors (Lipinski definition) is 1. The summed E-state index contributed by atoms with van der Waals surface area (Å²) in [6.45, 7) is 2.07. The van der Waals surface area contributed by atoms with Gasteiger partial charge in [0.15, 0.2) is 0 Å². The smallest absolute Gasteiger partial charge is 0.261 e. The number of fused-ring (bicyclic) bond motifs is 6. The minimum atomic E-state index is 1.07. The first-order valence-electron chi connectivity index (χ1n) is 6.40. The number of nitrogens with zero attached hydrogens (tertiary/aromatic N) is 3. The maximum Gasteiger partial charge on any atom is 0.296 e. The van der Waals surface area contributed by atoms with Gasteiger partial charge in [0.1, 0.15) is 17.9 Å². The van der Waals surface area contributed by atoms with Crippen LogP contribution < -0.4 is 4.57 Å². The molecule has 0 fully saturated rings. The van der Waals surface area contributed by atoms with Crippen molar-refractivity contribution in [1.82, 2.24) is 9.38 Å². The van der Waals surface area contributed by atoms with Gasteiger partial charge in [-0.2, -0.15) is 4.40 Å². The van der Waals surface area contributed by atoms with Gasteiger partial charge >= 0.3 is 0 Å². The molecule has 0 atom stereocenters. The lowest BCUT2D eigenvalue weighted by Gasteiger charge is -2.05. The summed E-state index contributed by atoms with van der Waals surface area (Å²) in [7, 11) is 2.08. The molecule has 0 amide bonds. The molecule has 1 aromatic carbocycles. The number of pyridine rings is 2. The van der Waals surface area contributed by atoms with Crippen LogP contribution in [0.25, 0.3) is 27.3 Å². The van der Waals surface area contributed by atoms with E-state index >= 15 is 0 Å². The molecule has 0 radical (unpaired) electrons. The number of benzene rings is 1. The first kappa shape index (κ1) is 10.5. The normalized spacial score (nSPS) is 11.7. The van der Waals surface area contributed by atoms with Crippen molar-refractivity contribution in [1.29, 1.82) is 0 Å². The van der Waals surface area contributed by atoms with Gasteiger partial charge in [-0.25, -0.2) is 4.57 Å². The number of para-hydroxylation sites is 1. The van der Waals surface area contributed by atoms with Gasteiger partial charge in [-0.15, -0.1) is 0 Å². The minimum absolute atomic E-state index is 1.07. The topological polar surface area (TPSA) is 21.2 Å². The number of rotatable bonds is 0. The fraction of sp³-hybridized carbons (Fsp3) is 0.125. The Morgan fingerprint density at radius 1 is 1.11 bits per heavy atom. The standard InChI is InChI=1S/C16H14N3/c1-11-15-13(7-8-17-11)12-5-3-4-6-14(12)19-10-9-18(2)16(15)19/h3-10H,1-2H3/q+1. The zero-order valence-corrected chi connectivity index (χ0v) is 11.0. The van der Waals surface area contributed by atoms with Crippen LogP contribution in [-0.4, -0.2) is 9.38 Å². The molecular weight excluding hydrogens is 234 g/mol. The predicted molar refractivity (Wildman–Crippen MR) is 76.1 cm³/mol. The summed E-state index contributed by atoms with van der Waals surface area (Å²) in [4.78, 5) is 4.46. The minimum Gasteiger partial charge on any atom is -0.261 e. The van der Waals surface area contributed by atoms with Crippen molar-refractivity contribution in [3.63, 3.8) is 0 Å². The van der Waals surface area contributed by atoms with E-state index in [1.165, 1.54) is 27.3 Å². The van der Waals surface area contributed by atoms with Crippen LogP contribution in [0, 0.1) is 6.92 Å². The lowest BCUT2D eigenvalue weighted by Crippen LogP contribution is -2.26. The maximum absolute atomic E-state index is 4.46. The van der Waals surface area contributed by atoms with Gasteiger partial charge in [-0.05, 0) is 19.1 Å². The van der Waals surface area contributed by atoms with Gasteiger partial charge in [0.2, 0.25) is 0 Å². The van der Waals surface area contributed by atoms with Crippen molar-refractivity contribution in [3.05, 3.63) is 54.6 Å². The zero-order valence-electron chi connectivity index (χ0n) is 11.0. The fourth-order valence-corrected chi connectivity index (χ4v) is 2.95. The van der Waals surface area contributed by atoms with Crippen LogP contribution in [0.3, 0.4) is 0 Å². The van der Waals surface area contributed by atoms with E-state index in [-0.39, 0.29) is 0 Å². The first-order valence-corrected chi connectivity index (χ1v) is 6.40. The van der Waals surface area contributed by atoms with E-state index in [4.69, 9.17) is 0 Å². The average Bonchev–Trinajstić information content (AvgIpc) is 2.82. The maximum atomic E-state index is 4.46. The SMILES string of the molecule is Cc1nccc2c3ccccc3n3cc[n+](C)c3c12. The van der Waals surface area contributed by atoms with E-state index in [0.717, 1.165) is 5.69 Å². The van der Waals surface area contributed by atoms with Crippen molar-refractivity contribution in [2.45, 2.75) is 6.92 Å². The Morgan fingerprint density at radius 2 is 1.95 bits per heavy atom.